The maximum absolute atomic E-state index is 11.2. The van der Waals surface area contributed by atoms with Gasteiger partial charge in [0.2, 0.25) is 0 Å². The minimum absolute atomic E-state index is 0.198. The van der Waals surface area contributed by atoms with E-state index in [9.17, 15) is 9.90 Å². The first kappa shape index (κ1) is 9.67. The van der Waals surface area contributed by atoms with E-state index < -0.39 is 0 Å². The summed E-state index contributed by atoms with van der Waals surface area (Å²) < 4.78 is 0.425. The number of aliphatic hydroxyl groups excluding tert-OH is 1. The Hall–Kier alpha value is -0.880. The van der Waals surface area contributed by atoms with Gasteiger partial charge in [0.05, 0.1) is 12.4 Å². The van der Waals surface area contributed by atoms with Gasteiger partial charge in [0.1, 0.15) is 10.3 Å². The summed E-state index contributed by atoms with van der Waals surface area (Å²) in [7, 11) is 0. The van der Waals surface area contributed by atoms with E-state index in [0.717, 1.165) is 13.0 Å². The highest BCUT2D eigenvalue weighted by Crippen LogP contribution is 2.22. The number of aromatic nitrogens is 2. The number of halogens is 1. The van der Waals surface area contributed by atoms with E-state index in [1.54, 1.807) is 0 Å². The zero-order valence-corrected chi connectivity index (χ0v) is 8.99. The van der Waals surface area contributed by atoms with Gasteiger partial charge in [-0.2, -0.15) is 0 Å². The molecule has 2 heterocycles. The average Bonchev–Trinajstić information content (AvgIpc) is 2.57. The number of hydrogen-bond acceptors (Lipinski definition) is 4. The van der Waals surface area contributed by atoms with Crippen molar-refractivity contribution < 1.29 is 5.11 Å². The summed E-state index contributed by atoms with van der Waals surface area (Å²) in [5.41, 5.74) is -0.198. The molecule has 1 aliphatic rings. The molecule has 0 aromatic carbocycles. The van der Waals surface area contributed by atoms with Crippen LogP contribution in [-0.2, 0) is 0 Å². The predicted molar refractivity (Wildman–Crippen MR) is 55.4 cm³/mol. The van der Waals surface area contributed by atoms with E-state index in [1.807, 2.05) is 4.90 Å². The van der Waals surface area contributed by atoms with Crippen LogP contribution in [0.25, 0.3) is 0 Å². The van der Waals surface area contributed by atoms with Crippen LogP contribution < -0.4 is 10.5 Å². The molecule has 6 heteroatoms. The zero-order valence-electron chi connectivity index (χ0n) is 7.40. The molecular formula is C8H10BrN3O2. The number of rotatable bonds is 1. The molecule has 1 unspecified atom stereocenters. The molecule has 2 rings (SSSR count). The summed E-state index contributed by atoms with van der Waals surface area (Å²) in [4.78, 5) is 19.7. The van der Waals surface area contributed by atoms with Gasteiger partial charge in [-0.15, -0.1) is 0 Å². The largest absolute Gasteiger partial charge is 0.391 e. The molecule has 0 saturated carbocycles. The van der Waals surface area contributed by atoms with Crippen LogP contribution in [0.4, 0.5) is 5.82 Å². The second kappa shape index (κ2) is 3.70. The molecule has 1 aromatic rings. The highest BCUT2D eigenvalue weighted by Gasteiger charge is 2.23. The molecule has 1 fully saturated rings. The van der Waals surface area contributed by atoms with Gasteiger partial charge in [-0.25, -0.2) is 4.98 Å². The molecule has 5 nitrogen and oxygen atoms in total. The summed E-state index contributed by atoms with van der Waals surface area (Å²) in [6.07, 6.45) is 1.77. The quantitative estimate of drug-likeness (QED) is 0.751. The lowest BCUT2D eigenvalue weighted by atomic mass is 10.3. The number of aliphatic hydroxyl groups is 1. The van der Waals surface area contributed by atoms with E-state index in [2.05, 4.69) is 25.9 Å². The van der Waals surface area contributed by atoms with Crippen molar-refractivity contribution in [3.05, 3.63) is 21.2 Å². The Kier molecular flexibility index (Phi) is 2.56. The normalized spacial score (nSPS) is 21.6. The van der Waals surface area contributed by atoms with E-state index in [1.165, 1.54) is 6.33 Å². The first-order valence-corrected chi connectivity index (χ1v) is 5.14. The van der Waals surface area contributed by atoms with E-state index >= 15 is 0 Å². The van der Waals surface area contributed by atoms with Crippen molar-refractivity contribution in [1.82, 2.24) is 9.97 Å². The van der Waals surface area contributed by atoms with E-state index in [-0.39, 0.29) is 11.7 Å². The summed E-state index contributed by atoms with van der Waals surface area (Å²) in [5.74, 6) is 0.602. The van der Waals surface area contributed by atoms with Crippen LogP contribution in [0.5, 0.6) is 0 Å². The predicted octanol–water partition coefficient (Wildman–Crippen LogP) is 0.103. The second-order valence-electron chi connectivity index (χ2n) is 3.26. The monoisotopic (exact) mass is 259 g/mol. The van der Waals surface area contributed by atoms with Crippen LogP contribution in [0.15, 0.2) is 15.6 Å². The highest BCUT2D eigenvalue weighted by molar-refractivity contribution is 9.10. The third kappa shape index (κ3) is 1.67. The van der Waals surface area contributed by atoms with Gasteiger partial charge in [0, 0.05) is 13.1 Å². The fraction of sp³-hybridized carbons (Fsp3) is 0.500. The Morgan fingerprint density at radius 2 is 2.50 bits per heavy atom. The fourth-order valence-corrected chi connectivity index (χ4v) is 2.00. The molecular weight excluding hydrogens is 250 g/mol. The second-order valence-corrected chi connectivity index (χ2v) is 4.05. The van der Waals surface area contributed by atoms with Crippen LogP contribution in [0.1, 0.15) is 6.42 Å². The third-order valence-corrected chi connectivity index (χ3v) is 2.96. The smallest absolute Gasteiger partial charge is 0.267 e. The molecule has 76 valence electrons. The fourth-order valence-electron chi connectivity index (χ4n) is 1.53. The van der Waals surface area contributed by atoms with Crippen LogP contribution in [0.3, 0.4) is 0 Å². The Bertz CT molecular complexity index is 392. The topological polar surface area (TPSA) is 69.2 Å². The first-order valence-electron chi connectivity index (χ1n) is 4.34. The van der Waals surface area contributed by atoms with Crippen molar-refractivity contribution in [3.8, 4) is 0 Å². The standard InChI is InChI=1S/C8H10BrN3O2/c9-6-7(10-4-11-8(6)14)12-2-1-5(13)3-12/h4-5,13H,1-3H2,(H,10,11,14). The van der Waals surface area contributed by atoms with Crippen LogP contribution in [0.2, 0.25) is 0 Å². The Labute approximate surface area is 88.9 Å². The van der Waals surface area contributed by atoms with Crippen LogP contribution in [-0.4, -0.2) is 34.3 Å². The first-order chi connectivity index (χ1) is 6.68. The minimum atomic E-state index is -0.317. The van der Waals surface area contributed by atoms with Crippen LogP contribution in [0, 0.1) is 0 Å². The van der Waals surface area contributed by atoms with Gasteiger partial charge in [-0.1, -0.05) is 0 Å². The Morgan fingerprint density at radius 3 is 3.14 bits per heavy atom. The number of nitrogens with zero attached hydrogens (tertiary/aromatic N) is 2. The molecule has 2 N–H and O–H groups in total. The van der Waals surface area contributed by atoms with Crippen molar-refractivity contribution in [2.45, 2.75) is 12.5 Å². The van der Waals surface area contributed by atoms with Gasteiger partial charge in [0.25, 0.3) is 5.56 Å². The summed E-state index contributed by atoms with van der Waals surface area (Å²) >= 11 is 3.18. The summed E-state index contributed by atoms with van der Waals surface area (Å²) in [6, 6.07) is 0. The molecule has 1 saturated heterocycles. The number of anilines is 1. The van der Waals surface area contributed by atoms with E-state index in [4.69, 9.17) is 0 Å². The number of nitrogens with one attached hydrogen (secondary N) is 1. The lowest BCUT2D eigenvalue weighted by Gasteiger charge is -2.16. The molecule has 0 radical (unpaired) electrons. The molecule has 14 heavy (non-hydrogen) atoms. The van der Waals surface area contributed by atoms with Gasteiger partial charge in [-0.05, 0) is 22.4 Å². The number of aromatic amines is 1. The molecule has 1 aromatic heterocycles. The SMILES string of the molecule is O=c1[nH]cnc(N2CCC(O)C2)c1Br. The summed E-state index contributed by atoms with van der Waals surface area (Å²) in [5, 5.41) is 9.35. The average molecular weight is 260 g/mol. The molecule has 0 bridgehead atoms. The van der Waals surface area contributed by atoms with Crippen molar-refractivity contribution in [2.75, 3.05) is 18.0 Å². The van der Waals surface area contributed by atoms with Crippen molar-refractivity contribution >= 4 is 21.7 Å². The minimum Gasteiger partial charge on any atom is -0.391 e. The molecule has 1 atom stereocenters. The lowest BCUT2D eigenvalue weighted by Crippen LogP contribution is -2.25. The lowest BCUT2D eigenvalue weighted by molar-refractivity contribution is 0.198. The van der Waals surface area contributed by atoms with Gasteiger partial charge in [0.15, 0.2) is 0 Å². The maximum atomic E-state index is 11.2. The maximum Gasteiger partial charge on any atom is 0.267 e. The number of hydrogen-bond donors (Lipinski definition) is 2. The van der Waals surface area contributed by atoms with Crippen molar-refractivity contribution in [2.24, 2.45) is 0 Å². The molecule has 0 aliphatic carbocycles. The third-order valence-electron chi connectivity index (χ3n) is 2.24. The zero-order chi connectivity index (χ0) is 10.1. The Balaban J connectivity index is 2.33. The highest BCUT2D eigenvalue weighted by atomic mass is 79.9. The number of H-pyrrole nitrogens is 1. The van der Waals surface area contributed by atoms with Crippen LogP contribution >= 0.6 is 15.9 Å². The van der Waals surface area contributed by atoms with E-state index in [0.29, 0.717) is 16.8 Å². The Morgan fingerprint density at radius 1 is 1.71 bits per heavy atom. The molecule has 0 spiro atoms. The number of β-amino-alcohol motifs (C(OH)–C–C–N with tert-alkyl or cyclic N) is 1. The van der Waals surface area contributed by atoms with Crippen molar-refractivity contribution in [1.29, 1.82) is 0 Å². The van der Waals surface area contributed by atoms with Gasteiger partial charge >= 0.3 is 0 Å². The van der Waals surface area contributed by atoms with Gasteiger partial charge in [-0.3, -0.25) is 4.79 Å². The molecule has 0 amide bonds. The summed E-state index contributed by atoms with van der Waals surface area (Å²) in [6.45, 7) is 1.27. The van der Waals surface area contributed by atoms with Crippen molar-refractivity contribution in [3.63, 3.8) is 0 Å². The molecule has 1 aliphatic heterocycles. The van der Waals surface area contributed by atoms with Gasteiger partial charge < -0.3 is 15.0 Å².